The molecule has 128 valence electrons. The molecule has 4 rings (SSSR count). The van der Waals surface area contributed by atoms with E-state index in [0.29, 0.717) is 16.9 Å². The van der Waals surface area contributed by atoms with Crippen molar-refractivity contribution in [2.24, 2.45) is 4.99 Å². The van der Waals surface area contributed by atoms with Crippen LogP contribution in [0.5, 0.6) is 0 Å². The zero-order chi connectivity index (χ0) is 17.9. The van der Waals surface area contributed by atoms with Gasteiger partial charge in [0, 0.05) is 5.56 Å². The van der Waals surface area contributed by atoms with E-state index in [1.165, 1.54) is 6.07 Å². The Labute approximate surface area is 151 Å². The minimum Gasteiger partial charge on any atom is -0.305 e. The number of fused-ring (bicyclic) bond motifs is 1. The lowest BCUT2D eigenvalue weighted by Gasteiger charge is -2.22. The van der Waals surface area contributed by atoms with Gasteiger partial charge in [-0.2, -0.15) is 0 Å². The molecule has 1 aliphatic rings. The highest BCUT2D eigenvalue weighted by Crippen LogP contribution is 2.34. The van der Waals surface area contributed by atoms with Crippen LogP contribution < -0.4 is 4.90 Å². The summed E-state index contributed by atoms with van der Waals surface area (Å²) in [6.45, 7) is 0.181. The number of nitrogens with zero attached hydrogens (tertiary/aromatic N) is 2. The third-order valence-corrected chi connectivity index (χ3v) is 4.44. The van der Waals surface area contributed by atoms with E-state index >= 15 is 0 Å². The maximum Gasteiger partial charge on any atom is 0.233 e. The second-order valence-electron chi connectivity index (χ2n) is 6.16. The number of benzene rings is 3. The van der Waals surface area contributed by atoms with Crippen LogP contribution in [0.3, 0.4) is 0 Å². The van der Waals surface area contributed by atoms with Crippen LogP contribution in [-0.4, -0.2) is 11.6 Å². The van der Waals surface area contributed by atoms with E-state index in [2.05, 4.69) is 0 Å². The van der Waals surface area contributed by atoms with Crippen LogP contribution >= 0.6 is 0 Å². The SMILES string of the molecule is O=C1CC(c2ccccc2)=Nc2ccccc2N1Cc1ccccc1F. The first-order valence-electron chi connectivity index (χ1n) is 8.48. The highest BCUT2D eigenvalue weighted by Gasteiger charge is 2.25. The van der Waals surface area contributed by atoms with E-state index in [-0.39, 0.29) is 24.7 Å². The van der Waals surface area contributed by atoms with Crippen molar-refractivity contribution in [3.8, 4) is 0 Å². The number of anilines is 1. The second-order valence-corrected chi connectivity index (χ2v) is 6.16. The molecule has 0 atom stereocenters. The largest absolute Gasteiger partial charge is 0.305 e. The summed E-state index contributed by atoms with van der Waals surface area (Å²) in [7, 11) is 0. The monoisotopic (exact) mass is 344 g/mol. The fourth-order valence-electron chi connectivity index (χ4n) is 3.11. The molecule has 26 heavy (non-hydrogen) atoms. The van der Waals surface area contributed by atoms with Gasteiger partial charge in [-0.05, 0) is 23.8 Å². The first-order valence-corrected chi connectivity index (χ1v) is 8.48. The van der Waals surface area contributed by atoms with Gasteiger partial charge < -0.3 is 4.90 Å². The van der Waals surface area contributed by atoms with Crippen LogP contribution in [0.4, 0.5) is 15.8 Å². The number of aliphatic imine (C=N–C) groups is 1. The number of hydrogen-bond donors (Lipinski definition) is 0. The number of rotatable bonds is 3. The molecule has 0 radical (unpaired) electrons. The summed E-state index contributed by atoms with van der Waals surface area (Å²) in [6.07, 6.45) is 0.174. The Morgan fingerprint density at radius 3 is 2.38 bits per heavy atom. The van der Waals surface area contributed by atoms with Gasteiger partial charge in [0.05, 0.1) is 30.1 Å². The summed E-state index contributed by atoms with van der Waals surface area (Å²) in [5, 5.41) is 0. The molecule has 0 unspecified atom stereocenters. The quantitative estimate of drug-likeness (QED) is 0.666. The summed E-state index contributed by atoms with van der Waals surface area (Å²) in [5.41, 5.74) is 3.54. The van der Waals surface area contributed by atoms with Crippen LogP contribution in [0.25, 0.3) is 0 Å². The van der Waals surface area contributed by atoms with Crippen molar-refractivity contribution in [2.45, 2.75) is 13.0 Å². The van der Waals surface area contributed by atoms with Gasteiger partial charge >= 0.3 is 0 Å². The Morgan fingerprint density at radius 2 is 1.58 bits per heavy atom. The van der Waals surface area contributed by atoms with E-state index in [4.69, 9.17) is 4.99 Å². The smallest absolute Gasteiger partial charge is 0.233 e. The van der Waals surface area contributed by atoms with Gasteiger partial charge in [0.25, 0.3) is 0 Å². The summed E-state index contributed by atoms with van der Waals surface area (Å²) in [4.78, 5) is 19.4. The standard InChI is InChI=1S/C22H17FN2O/c23-18-11-5-4-10-17(18)15-25-21-13-7-6-12-19(21)24-20(14-22(25)26)16-8-2-1-3-9-16/h1-13H,14-15H2. The number of amides is 1. The summed E-state index contributed by atoms with van der Waals surface area (Å²) in [5.74, 6) is -0.410. The van der Waals surface area contributed by atoms with Crippen LogP contribution in [0.1, 0.15) is 17.5 Å². The molecule has 3 aromatic carbocycles. The first kappa shape index (κ1) is 16.2. The number of carbonyl (C=O) groups is 1. The molecule has 3 aromatic rings. The first-order chi connectivity index (χ1) is 12.7. The lowest BCUT2D eigenvalue weighted by molar-refractivity contribution is -0.117. The normalized spacial score (nSPS) is 13.8. The minimum atomic E-state index is -0.314. The molecule has 0 spiro atoms. The minimum absolute atomic E-state index is 0.0965. The lowest BCUT2D eigenvalue weighted by Crippen LogP contribution is -2.31. The fraction of sp³-hybridized carbons (Fsp3) is 0.0909. The average Bonchev–Trinajstić information content (AvgIpc) is 2.81. The maximum absolute atomic E-state index is 14.1. The van der Waals surface area contributed by atoms with Gasteiger partial charge in [-0.25, -0.2) is 4.39 Å². The fourth-order valence-corrected chi connectivity index (χ4v) is 3.11. The maximum atomic E-state index is 14.1. The predicted molar refractivity (Wildman–Crippen MR) is 101 cm³/mol. The summed E-state index contributed by atoms with van der Waals surface area (Å²) in [6, 6.07) is 23.7. The molecule has 0 aromatic heterocycles. The molecule has 0 saturated heterocycles. The highest BCUT2D eigenvalue weighted by molar-refractivity contribution is 6.17. The van der Waals surface area contributed by atoms with E-state index in [1.54, 1.807) is 23.1 Å². The molecule has 1 amide bonds. The van der Waals surface area contributed by atoms with Crippen LogP contribution in [0.15, 0.2) is 83.9 Å². The molecule has 0 saturated carbocycles. The number of para-hydroxylation sites is 2. The van der Waals surface area contributed by atoms with Crippen molar-refractivity contribution in [1.82, 2.24) is 0 Å². The second kappa shape index (κ2) is 6.92. The van der Waals surface area contributed by atoms with Crippen LogP contribution in [-0.2, 0) is 11.3 Å². The molecule has 4 heteroatoms. The van der Waals surface area contributed by atoms with Gasteiger partial charge in [0.15, 0.2) is 0 Å². The van der Waals surface area contributed by atoms with Crippen molar-refractivity contribution in [3.05, 3.63) is 95.8 Å². The number of hydrogen-bond acceptors (Lipinski definition) is 2. The molecule has 0 fully saturated rings. The highest BCUT2D eigenvalue weighted by atomic mass is 19.1. The zero-order valence-electron chi connectivity index (χ0n) is 14.1. The topological polar surface area (TPSA) is 32.7 Å². The molecule has 0 aliphatic carbocycles. The van der Waals surface area contributed by atoms with Gasteiger partial charge in [0.1, 0.15) is 5.82 Å². The molecule has 0 N–H and O–H groups in total. The Hall–Kier alpha value is -3.27. The Bertz CT molecular complexity index is 982. The summed E-state index contributed by atoms with van der Waals surface area (Å²) >= 11 is 0. The molecule has 1 aliphatic heterocycles. The number of carbonyl (C=O) groups excluding carboxylic acids is 1. The van der Waals surface area contributed by atoms with E-state index in [0.717, 1.165) is 11.3 Å². The van der Waals surface area contributed by atoms with Gasteiger partial charge in [-0.15, -0.1) is 0 Å². The number of halogens is 1. The van der Waals surface area contributed by atoms with E-state index in [9.17, 15) is 9.18 Å². The lowest BCUT2D eigenvalue weighted by atomic mass is 10.1. The molecule has 3 nitrogen and oxygen atoms in total. The van der Waals surface area contributed by atoms with Gasteiger partial charge in [0.2, 0.25) is 5.91 Å². The Kier molecular flexibility index (Phi) is 4.32. The van der Waals surface area contributed by atoms with Crippen LogP contribution in [0, 0.1) is 5.82 Å². The van der Waals surface area contributed by atoms with E-state index in [1.807, 2.05) is 54.6 Å². The third kappa shape index (κ3) is 3.14. The van der Waals surface area contributed by atoms with Crippen LogP contribution in [0.2, 0.25) is 0 Å². The van der Waals surface area contributed by atoms with Crippen molar-refractivity contribution in [2.75, 3.05) is 4.90 Å². The van der Waals surface area contributed by atoms with Crippen molar-refractivity contribution in [1.29, 1.82) is 0 Å². The third-order valence-electron chi connectivity index (χ3n) is 4.44. The van der Waals surface area contributed by atoms with Crippen molar-refractivity contribution < 1.29 is 9.18 Å². The Balaban J connectivity index is 1.76. The molecule has 1 heterocycles. The summed E-state index contributed by atoms with van der Waals surface area (Å²) < 4.78 is 14.1. The molecular formula is C22H17FN2O. The van der Waals surface area contributed by atoms with Gasteiger partial charge in [-0.1, -0.05) is 60.7 Å². The molecular weight excluding hydrogens is 327 g/mol. The zero-order valence-corrected chi connectivity index (χ0v) is 14.1. The van der Waals surface area contributed by atoms with E-state index < -0.39 is 0 Å². The molecule has 0 bridgehead atoms. The van der Waals surface area contributed by atoms with Crippen molar-refractivity contribution in [3.63, 3.8) is 0 Å². The Morgan fingerprint density at radius 1 is 0.885 bits per heavy atom. The predicted octanol–water partition coefficient (Wildman–Crippen LogP) is 4.88. The van der Waals surface area contributed by atoms with Gasteiger partial charge in [-0.3, -0.25) is 9.79 Å². The average molecular weight is 344 g/mol. The van der Waals surface area contributed by atoms with Crippen molar-refractivity contribution >= 4 is 23.0 Å².